The van der Waals surface area contributed by atoms with Crippen LogP contribution >= 0.6 is 0 Å². The Kier molecular flexibility index (Phi) is 21.9. The van der Waals surface area contributed by atoms with E-state index >= 15 is 0 Å². The fraction of sp³-hybridized carbons (Fsp3) is 0.00719. The predicted octanol–water partition coefficient (Wildman–Crippen LogP) is 33.2. The van der Waals surface area contributed by atoms with Crippen molar-refractivity contribution in [2.45, 2.75) is 5.41 Å². The first-order valence-electron chi connectivity index (χ1n) is 49.7. The van der Waals surface area contributed by atoms with Crippen LogP contribution in [0.15, 0.2) is 582 Å². The van der Waals surface area contributed by atoms with Gasteiger partial charge in [0.1, 0.15) is 0 Å². The van der Waals surface area contributed by atoms with Crippen molar-refractivity contribution in [3.8, 4) is 101 Å². The third-order valence-electron chi connectivity index (χ3n) is 29.7. The number of hydrogen-bond donors (Lipinski definition) is 0. The van der Waals surface area contributed by atoms with Crippen LogP contribution in [0.4, 0.5) is 0 Å². The van der Waals surface area contributed by atoms with Crippen LogP contribution in [0.3, 0.4) is 0 Å². The van der Waals surface area contributed by atoms with Crippen LogP contribution in [-0.4, -0.2) is 26.3 Å². The SMILES string of the molecule is c1ccc(-c2cccc(-n3c4ccccc4c4cc(-c5ccc(-c6ccc7c(c6)c6ccc([Si](c8ccccc8)(c8ccccc8)c8ccccc8)cc6n7-c6cccc(-c7ccccc7)c6)cc5)ccc43)c2)cc1.c1ccc(-c2cccc(-n3c4ccccc4c4cc(-c5ccc(-c6ccc7c(c6)c6ccccc6n7-c6cccc(C(c7ccccc7)(c7ccccc7)c7ccccc7)c6)cc5)ccc43)c2)cc1. The van der Waals surface area contributed by atoms with Gasteiger partial charge in [-0.3, -0.25) is 0 Å². The molecule has 0 aliphatic heterocycles. The monoisotopic (exact) mass is 1850 g/mol. The summed E-state index contributed by atoms with van der Waals surface area (Å²) < 4.78 is 9.76. The van der Waals surface area contributed by atoms with Crippen molar-refractivity contribution in [1.29, 1.82) is 0 Å². The van der Waals surface area contributed by atoms with Crippen molar-refractivity contribution in [2.75, 3.05) is 0 Å². The van der Waals surface area contributed by atoms with Gasteiger partial charge in [-0.15, -0.1) is 0 Å². The summed E-state index contributed by atoms with van der Waals surface area (Å²) in [7, 11) is -2.82. The Bertz CT molecular complexity index is 9250. The highest BCUT2D eigenvalue weighted by Crippen LogP contribution is 2.49. The summed E-state index contributed by atoms with van der Waals surface area (Å²) in [5.74, 6) is 0. The van der Waals surface area contributed by atoms with Crippen LogP contribution < -0.4 is 20.7 Å². The highest BCUT2D eigenvalue weighted by Gasteiger charge is 2.43. The van der Waals surface area contributed by atoms with Crippen LogP contribution in [0, 0.1) is 0 Å². The first-order valence-corrected chi connectivity index (χ1v) is 51.7. The van der Waals surface area contributed by atoms with E-state index in [-0.39, 0.29) is 0 Å². The summed E-state index contributed by atoms with van der Waals surface area (Å²) >= 11 is 0. The van der Waals surface area contributed by atoms with Gasteiger partial charge in [0.05, 0.1) is 49.5 Å². The van der Waals surface area contributed by atoms with E-state index in [1.165, 1.54) is 208 Å². The molecule has 27 aromatic rings. The minimum absolute atomic E-state index is 0.544. The molecule has 27 rings (SSSR count). The lowest BCUT2D eigenvalue weighted by Gasteiger charge is -2.37. The number of benzene rings is 23. The Balaban J connectivity index is 0.000000147. The Morgan fingerprint density at radius 1 is 0.118 bits per heavy atom. The van der Waals surface area contributed by atoms with Crippen molar-refractivity contribution >= 4 is 116 Å². The second-order valence-corrected chi connectivity index (χ2v) is 41.5. The lowest BCUT2D eigenvalue weighted by Crippen LogP contribution is -2.74. The first kappa shape index (κ1) is 85.9. The van der Waals surface area contributed by atoms with Crippen molar-refractivity contribution in [3.63, 3.8) is 0 Å². The molecule has 0 bridgehead atoms. The van der Waals surface area contributed by atoms with Crippen LogP contribution in [-0.2, 0) is 5.41 Å². The van der Waals surface area contributed by atoms with Gasteiger partial charge in [-0.05, 0) is 242 Å². The molecule has 144 heavy (non-hydrogen) atoms. The van der Waals surface area contributed by atoms with E-state index in [2.05, 4.69) is 601 Å². The van der Waals surface area contributed by atoms with Gasteiger partial charge >= 0.3 is 0 Å². The molecular formula is C139H96N4Si. The van der Waals surface area contributed by atoms with Crippen LogP contribution in [0.1, 0.15) is 22.3 Å². The number of hydrogen-bond acceptors (Lipinski definition) is 0. The van der Waals surface area contributed by atoms with E-state index in [9.17, 15) is 0 Å². The lowest BCUT2D eigenvalue weighted by molar-refractivity contribution is 0.744. The Hall–Kier alpha value is -18.5. The van der Waals surface area contributed by atoms with E-state index in [4.69, 9.17) is 0 Å². The maximum Gasteiger partial charge on any atom is 0.179 e. The summed E-state index contributed by atoms with van der Waals surface area (Å²) in [5, 5.41) is 15.3. The fourth-order valence-corrected chi connectivity index (χ4v) is 27.9. The highest BCUT2D eigenvalue weighted by molar-refractivity contribution is 7.20. The van der Waals surface area contributed by atoms with Crippen molar-refractivity contribution in [3.05, 3.63) is 605 Å². The number of nitrogens with zero attached hydrogens (tertiary/aromatic N) is 4. The molecule has 0 radical (unpaired) electrons. The van der Waals surface area contributed by atoms with Crippen LogP contribution in [0.5, 0.6) is 0 Å². The van der Waals surface area contributed by atoms with Gasteiger partial charge in [-0.1, -0.05) is 461 Å². The molecule has 4 nitrogen and oxygen atoms in total. The zero-order chi connectivity index (χ0) is 95.4. The normalized spacial score (nSPS) is 11.8. The lowest BCUT2D eigenvalue weighted by atomic mass is 9.65. The van der Waals surface area contributed by atoms with Gasteiger partial charge < -0.3 is 18.3 Å². The summed E-state index contributed by atoms with van der Waals surface area (Å²) in [6.45, 7) is 0. The summed E-state index contributed by atoms with van der Waals surface area (Å²) in [6, 6.07) is 214. The Morgan fingerprint density at radius 2 is 0.333 bits per heavy atom. The topological polar surface area (TPSA) is 19.7 Å². The van der Waals surface area contributed by atoms with Gasteiger partial charge in [0.25, 0.3) is 0 Å². The summed E-state index contributed by atoms with van der Waals surface area (Å²) in [5.41, 5.74) is 35.2. The maximum absolute atomic E-state index is 2.82. The Morgan fingerprint density at radius 3 is 0.646 bits per heavy atom. The number of aromatic nitrogens is 4. The second-order valence-electron chi connectivity index (χ2n) is 37.7. The molecular weight excluding hydrogens is 1750 g/mol. The zero-order valence-electron chi connectivity index (χ0n) is 79.2. The molecule has 0 unspecified atom stereocenters. The molecule has 5 heteroatoms. The third-order valence-corrected chi connectivity index (χ3v) is 34.5. The largest absolute Gasteiger partial charge is 0.309 e. The molecule has 0 fully saturated rings. The molecule has 0 N–H and O–H groups in total. The minimum atomic E-state index is -2.82. The molecule has 0 amide bonds. The standard InChI is InChI=1S/C72H50N2Si.C67H46N2/c1-6-20-51(21-7-1)55-24-18-26-59(46-55)73-69-35-17-16-34-65(69)67-48-57(40-44-70(67)73)53-36-38-54(39-37-53)58-41-45-71-68(49-58)66-43-42-64(50-72(66)74(71)60-27-19-25-56(47-60)52-22-8-2-9-23-52)75(61-28-10-3-11-29-61,62-30-12-4-13-31-62)63-32-14-5-15-33-63;1-5-19-47(20-6-1)50-21-17-29-57(43-50)68-63-33-15-13-31-59(63)61-44-51(39-41-65(61)68)48-35-37-49(38-36-48)52-40-42-66-62(45-52)60-32-14-16-34-64(60)69(66)58-30-18-28-56(46-58)67(53-22-7-2-8-23-53,54-24-9-3-10-25-54)55-26-11-4-12-27-55/h1-50H;1-46H. The van der Waals surface area contributed by atoms with Gasteiger partial charge in [-0.2, -0.15) is 0 Å². The van der Waals surface area contributed by atoms with E-state index in [0.717, 1.165) is 22.7 Å². The molecule has 0 aliphatic carbocycles. The summed E-state index contributed by atoms with van der Waals surface area (Å²) in [4.78, 5) is 0. The maximum atomic E-state index is 2.52. The average molecular weight is 1850 g/mol. The van der Waals surface area contributed by atoms with Gasteiger partial charge in [-0.25, -0.2) is 0 Å². The van der Waals surface area contributed by atoms with Crippen molar-refractivity contribution in [1.82, 2.24) is 18.3 Å². The summed E-state index contributed by atoms with van der Waals surface area (Å²) in [6.07, 6.45) is 0. The Labute approximate surface area is 838 Å². The zero-order valence-corrected chi connectivity index (χ0v) is 80.2. The molecule has 0 saturated carbocycles. The average Bonchev–Trinajstić information content (AvgIpc) is 1.59. The van der Waals surface area contributed by atoms with Gasteiger partial charge in [0.15, 0.2) is 8.07 Å². The van der Waals surface area contributed by atoms with Crippen molar-refractivity contribution in [2.24, 2.45) is 0 Å². The first-order chi connectivity index (χ1) is 71.4. The molecule has 4 aromatic heterocycles. The van der Waals surface area contributed by atoms with E-state index in [1.807, 2.05) is 0 Å². The van der Waals surface area contributed by atoms with Crippen LogP contribution in [0.25, 0.3) is 188 Å². The molecule has 0 atom stereocenters. The molecule has 23 aromatic carbocycles. The fourth-order valence-electron chi connectivity index (χ4n) is 23.1. The minimum Gasteiger partial charge on any atom is -0.309 e. The number of para-hydroxylation sites is 3. The molecule has 0 spiro atoms. The van der Waals surface area contributed by atoms with Gasteiger partial charge in [0, 0.05) is 65.8 Å². The number of rotatable bonds is 19. The van der Waals surface area contributed by atoms with E-state index in [0.29, 0.717) is 0 Å². The molecule has 4 heterocycles. The smallest absolute Gasteiger partial charge is 0.179 e. The van der Waals surface area contributed by atoms with Gasteiger partial charge in [0.2, 0.25) is 0 Å². The number of fused-ring (bicyclic) bond motifs is 12. The second kappa shape index (κ2) is 36.7. The molecule has 676 valence electrons. The molecule has 0 aliphatic rings. The molecule has 0 saturated heterocycles. The predicted molar refractivity (Wildman–Crippen MR) is 610 cm³/mol. The van der Waals surface area contributed by atoms with Crippen LogP contribution in [0.2, 0.25) is 0 Å². The van der Waals surface area contributed by atoms with E-state index < -0.39 is 13.5 Å². The van der Waals surface area contributed by atoms with E-state index in [1.54, 1.807) is 0 Å². The van der Waals surface area contributed by atoms with Crippen molar-refractivity contribution < 1.29 is 0 Å². The highest BCUT2D eigenvalue weighted by atomic mass is 28.3. The quantitative estimate of drug-likeness (QED) is 0.0568. The third kappa shape index (κ3) is 15.0.